The molecule has 2 rings (SSSR count). The van der Waals surface area contributed by atoms with Gasteiger partial charge in [-0.25, -0.2) is 0 Å². The van der Waals surface area contributed by atoms with Crippen molar-refractivity contribution in [2.45, 2.75) is 39.5 Å². The van der Waals surface area contributed by atoms with Crippen LogP contribution in [0.5, 0.6) is 0 Å². The number of anilines is 4. The lowest BCUT2D eigenvalue weighted by atomic mass is 10.1. The highest BCUT2D eigenvalue weighted by Crippen LogP contribution is 2.20. The van der Waals surface area contributed by atoms with Crippen LogP contribution >= 0.6 is 0 Å². The largest absolute Gasteiger partial charge is 0.326 e. The van der Waals surface area contributed by atoms with E-state index in [4.69, 9.17) is 0 Å². The number of nitrogens with one attached hydrogen (secondary N) is 2. The minimum absolute atomic E-state index is 0.0932. The van der Waals surface area contributed by atoms with Gasteiger partial charge in [-0.05, 0) is 49.2 Å². The second kappa shape index (κ2) is 11.6. The Morgan fingerprint density at radius 3 is 1.41 bits per heavy atom. The maximum atomic E-state index is 12.2. The molecule has 0 aliphatic rings. The molecule has 4 amide bonds. The van der Waals surface area contributed by atoms with Crippen molar-refractivity contribution in [1.29, 1.82) is 0 Å². The van der Waals surface area contributed by atoms with E-state index in [0.29, 0.717) is 48.4 Å². The molecular formula is C24H30N4O4. The van der Waals surface area contributed by atoms with E-state index < -0.39 is 0 Å². The van der Waals surface area contributed by atoms with Gasteiger partial charge in [0.05, 0.1) is 0 Å². The van der Waals surface area contributed by atoms with Crippen LogP contribution in [0.2, 0.25) is 0 Å². The summed E-state index contributed by atoms with van der Waals surface area (Å²) < 4.78 is 0. The summed E-state index contributed by atoms with van der Waals surface area (Å²) in [4.78, 5) is 50.4. The third-order valence-corrected chi connectivity index (χ3v) is 5.04. The van der Waals surface area contributed by atoms with E-state index in [0.717, 1.165) is 0 Å². The maximum absolute atomic E-state index is 12.2. The van der Waals surface area contributed by atoms with Gasteiger partial charge in [0.2, 0.25) is 23.6 Å². The second-order valence-electron chi connectivity index (χ2n) is 7.56. The maximum Gasteiger partial charge on any atom is 0.224 e. The molecule has 0 heterocycles. The van der Waals surface area contributed by atoms with Gasteiger partial charge in [0, 0.05) is 63.5 Å². The summed E-state index contributed by atoms with van der Waals surface area (Å²) in [5.41, 5.74) is 2.64. The van der Waals surface area contributed by atoms with Crippen LogP contribution in [-0.2, 0) is 19.2 Å². The van der Waals surface area contributed by atoms with Gasteiger partial charge in [-0.3, -0.25) is 19.2 Å². The average Bonchev–Trinajstić information content (AvgIpc) is 2.75. The average molecular weight is 439 g/mol. The van der Waals surface area contributed by atoms with Crippen molar-refractivity contribution in [3.05, 3.63) is 48.5 Å². The molecule has 0 saturated heterocycles. The molecule has 0 radical (unpaired) electrons. The lowest BCUT2D eigenvalue weighted by Crippen LogP contribution is -2.23. The van der Waals surface area contributed by atoms with Crippen molar-refractivity contribution in [1.82, 2.24) is 0 Å². The van der Waals surface area contributed by atoms with Crippen molar-refractivity contribution in [2.75, 3.05) is 34.5 Å². The fraction of sp³-hybridized carbons (Fsp3) is 0.333. The standard InChI is InChI=1S/C24H30N4O4/c1-17(29)27(3)21-11-7-9-19(15-21)25-23(31)13-5-6-14-24(32)26-20-10-8-12-22(16-20)28(4)18(2)30/h7-12,15-16H,5-6,13-14H2,1-4H3,(H,25,31)(H,26,32). The van der Waals surface area contributed by atoms with Gasteiger partial charge in [0.1, 0.15) is 0 Å². The summed E-state index contributed by atoms with van der Waals surface area (Å²) in [5, 5.41) is 5.64. The molecule has 8 heteroatoms. The van der Waals surface area contributed by atoms with Crippen molar-refractivity contribution in [3.8, 4) is 0 Å². The van der Waals surface area contributed by atoms with Gasteiger partial charge >= 0.3 is 0 Å². The van der Waals surface area contributed by atoms with E-state index in [1.165, 1.54) is 23.6 Å². The molecule has 0 atom stereocenters. The van der Waals surface area contributed by atoms with E-state index in [2.05, 4.69) is 10.6 Å². The molecule has 0 aromatic heterocycles. The topological polar surface area (TPSA) is 98.8 Å². The smallest absolute Gasteiger partial charge is 0.224 e. The van der Waals surface area contributed by atoms with E-state index in [9.17, 15) is 19.2 Å². The van der Waals surface area contributed by atoms with E-state index in [1.807, 2.05) is 0 Å². The summed E-state index contributed by atoms with van der Waals surface area (Å²) in [6, 6.07) is 14.2. The molecule has 170 valence electrons. The zero-order valence-corrected chi connectivity index (χ0v) is 19.0. The zero-order valence-electron chi connectivity index (χ0n) is 19.0. The Morgan fingerprint density at radius 2 is 1.06 bits per heavy atom. The Hall–Kier alpha value is -3.68. The van der Waals surface area contributed by atoms with Gasteiger partial charge in [0.15, 0.2) is 0 Å². The Morgan fingerprint density at radius 1 is 0.688 bits per heavy atom. The van der Waals surface area contributed by atoms with E-state index in [-0.39, 0.29) is 23.6 Å². The van der Waals surface area contributed by atoms with Crippen LogP contribution in [0, 0.1) is 0 Å². The molecule has 0 unspecified atom stereocenters. The third kappa shape index (κ3) is 7.54. The van der Waals surface area contributed by atoms with Crippen molar-refractivity contribution >= 4 is 46.4 Å². The minimum Gasteiger partial charge on any atom is -0.326 e. The SMILES string of the molecule is CC(=O)N(C)c1cccc(NC(=O)CCCCC(=O)Nc2cccc(N(C)C(C)=O)c2)c1. The number of rotatable bonds is 9. The number of amides is 4. The number of carbonyl (C=O) groups excluding carboxylic acids is 4. The molecule has 0 aliphatic carbocycles. The number of hydrogen-bond acceptors (Lipinski definition) is 4. The molecule has 0 bridgehead atoms. The summed E-state index contributed by atoms with van der Waals surface area (Å²) in [6.45, 7) is 2.95. The highest BCUT2D eigenvalue weighted by atomic mass is 16.2. The Kier molecular flexibility index (Phi) is 8.95. The summed E-state index contributed by atoms with van der Waals surface area (Å²) in [5.74, 6) is -0.477. The molecule has 2 N–H and O–H groups in total. The molecule has 0 spiro atoms. The number of unbranched alkanes of at least 4 members (excludes halogenated alkanes) is 1. The highest BCUT2D eigenvalue weighted by molar-refractivity contribution is 5.95. The first-order valence-corrected chi connectivity index (χ1v) is 10.5. The lowest BCUT2D eigenvalue weighted by Gasteiger charge is -2.16. The zero-order chi connectivity index (χ0) is 23.7. The first-order chi connectivity index (χ1) is 15.2. The van der Waals surface area contributed by atoms with Gasteiger partial charge < -0.3 is 20.4 Å². The van der Waals surface area contributed by atoms with Crippen LogP contribution in [0.4, 0.5) is 22.7 Å². The van der Waals surface area contributed by atoms with Crippen LogP contribution < -0.4 is 20.4 Å². The number of carbonyl (C=O) groups is 4. The van der Waals surface area contributed by atoms with Gasteiger partial charge in [0.25, 0.3) is 0 Å². The van der Waals surface area contributed by atoms with Gasteiger partial charge in [-0.1, -0.05) is 12.1 Å². The number of nitrogens with zero attached hydrogens (tertiary/aromatic N) is 2. The van der Waals surface area contributed by atoms with E-state index >= 15 is 0 Å². The molecule has 0 fully saturated rings. The third-order valence-electron chi connectivity index (χ3n) is 5.04. The van der Waals surface area contributed by atoms with Gasteiger partial charge in [-0.2, -0.15) is 0 Å². The molecule has 2 aromatic rings. The van der Waals surface area contributed by atoms with Crippen LogP contribution in [0.3, 0.4) is 0 Å². The van der Waals surface area contributed by atoms with Crippen molar-refractivity contribution in [2.24, 2.45) is 0 Å². The van der Waals surface area contributed by atoms with Crippen molar-refractivity contribution in [3.63, 3.8) is 0 Å². The van der Waals surface area contributed by atoms with Crippen LogP contribution in [0.15, 0.2) is 48.5 Å². The first-order valence-electron chi connectivity index (χ1n) is 10.5. The first kappa shape index (κ1) is 24.6. The Balaban J connectivity index is 1.75. The Bertz CT molecular complexity index is 910. The number of hydrogen-bond donors (Lipinski definition) is 2. The highest BCUT2D eigenvalue weighted by Gasteiger charge is 2.10. The van der Waals surface area contributed by atoms with Crippen LogP contribution in [-0.4, -0.2) is 37.7 Å². The minimum atomic E-state index is -0.145. The summed E-state index contributed by atoms with van der Waals surface area (Å²) in [6.07, 6.45) is 1.72. The molecule has 32 heavy (non-hydrogen) atoms. The molecule has 0 aliphatic heterocycles. The lowest BCUT2D eigenvalue weighted by molar-refractivity contribution is -0.118. The predicted octanol–water partition coefficient (Wildman–Crippen LogP) is 3.79. The molecule has 0 saturated carbocycles. The molecular weight excluding hydrogens is 408 g/mol. The van der Waals surface area contributed by atoms with Gasteiger partial charge in [-0.15, -0.1) is 0 Å². The fourth-order valence-electron chi connectivity index (χ4n) is 2.97. The Labute approximate surface area is 188 Å². The molecule has 8 nitrogen and oxygen atoms in total. The summed E-state index contributed by atoms with van der Waals surface area (Å²) >= 11 is 0. The fourth-order valence-corrected chi connectivity index (χ4v) is 2.97. The predicted molar refractivity (Wildman–Crippen MR) is 127 cm³/mol. The van der Waals surface area contributed by atoms with Crippen LogP contribution in [0.1, 0.15) is 39.5 Å². The normalized spacial score (nSPS) is 10.2. The quantitative estimate of drug-likeness (QED) is 0.582. The van der Waals surface area contributed by atoms with Crippen LogP contribution in [0.25, 0.3) is 0 Å². The summed E-state index contributed by atoms with van der Waals surface area (Å²) in [7, 11) is 3.35. The second-order valence-corrected chi connectivity index (χ2v) is 7.56. The molecule has 2 aromatic carbocycles. The van der Waals surface area contributed by atoms with Crippen molar-refractivity contribution < 1.29 is 19.2 Å². The monoisotopic (exact) mass is 438 g/mol. The number of benzene rings is 2. The van der Waals surface area contributed by atoms with E-state index in [1.54, 1.807) is 62.6 Å².